The van der Waals surface area contributed by atoms with Gasteiger partial charge in [0.2, 0.25) is 5.91 Å². The number of hydrogen-bond acceptors (Lipinski definition) is 4. The van der Waals surface area contributed by atoms with Crippen LogP contribution in [-0.4, -0.2) is 35.9 Å². The van der Waals surface area contributed by atoms with Gasteiger partial charge >= 0.3 is 0 Å². The van der Waals surface area contributed by atoms with Crippen molar-refractivity contribution in [3.63, 3.8) is 0 Å². The molecule has 0 spiro atoms. The van der Waals surface area contributed by atoms with Crippen LogP contribution in [0.3, 0.4) is 0 Å². The fraction of sp³-hybridized carbons (Fsp3) is 0.429. The van der Waals surface area contributed by atoms with E-state index in [2.05, 4.69) is 15.2 Å². The molecule has 1 atom stereocenters. The van der Waals surface area contributed by atoms with Crippen LogP contribution in [0.25, 0.3) is 0 Å². The molecule has 5 heteroatoms. The highest BCUT2D eigenvalue weighted by atomic mass is 16.1. The minimum Gasteiger partial charge on any atom is -0.366 e. The summed E-state index contributed by atoms with van der Waals surface area (Å²) in [6.45, 7) is 2.67. The Balaban J connectivity index is 1.63. The number of primary amides is 1. The predicted molar refractivity (Wildman–Crippen MR) is 73.8 cm³/mol. The zero-order valence-corrected chi connectivity index (χ0v) is 10.8. The fourth-order valence-electron chi connectivity index (χ4n) is 2.76. The third-order valence-electron chi connectivity index (χ3n) is 3.76. The normalized spacial score (nSPS) is 21.2. The summed E-state index contributed by atoms with van der Waals surface area (Å²) in [5.74, 6) is 0.603. The summed E-state index contributed by atoms with van der Waals surface area (Å²) in [6.07, 6.45) is 2.49. The van der Waals surface area contributed by atoms with E-state index in [0.29, 0.717) is 18.2 Å². The molecule has 0 bridgehead atoms. The van der Waals surface area contributed by atoms with Gasteiger partial charge in [-0.1, -0.05) is 12.1 Å². The number of amides is 1. The lowest BCUT2D eigenvalue weighted by molar-refractivity contribution is 0.1000. The highest BCUT2D eigenvalue weighted by Gasteiger charge is 2.31. The Hall–Kier alpha value is -2.04. The van der Waals surface area contributed by atoms with Crippen LogP contribution in [0.1, 0.15) is 28.8 Å². The number of benzene rings is 1. The van der Waals surface area contributed by atoms with Crippen molar-refractivity contribution in [1.29, 1.82) is 0 Å². The average Bonchev–Trinajstić information content (AvgIpc) is 3.00. The van der Waals surface area contributed by atoms with Gasteiger partial charge in [-0.05, 0) is 30.5 Å². The predicted octanol–water partition coefficient (Wildman–Crippen LogP) is 0.709. The van der Waals surface area contributed by atoms with Gasteiger partial charge in [0, 0.05) is 18.7 Å². The van der Waals surface area contributed by atoms with Crippen LogP contribution in [0.2, 0.25) is 0 Å². The van der Waals surface area contributed by atoms with Crippen LogP contribution in [0, 0.1) is 0 Å². The van der Waals surface area contributed by atoms with E-state index in [-0.39, 0.29) is 5.91 Å². The van der Waals surface area contributed by atoms with E-state index >= 15 is 0 Å². The number of carbonyl (C=O) groups excluding carboxylic acids is 1. The highest BCUT2D eigenvalue weighted by molar-refractivity contribution is 5.92. The number of rotatable bonds is 3. The van der Waals surface area contributed by atoms with Gasteiger partial charge in [-0.2, -0.15) is 0 Å². The fourth-order valence-corrected chi connectivity index (χ4v) is 2.76. The molecule has 1 fully saturated rings. The first-order valence-electron chi connectivity index (χ1n) is 6.68. The van der Waals surface area contributed by atoms with Gasteiger partial charge < -0.3 is 16.0 Å². The summed E-state index contributed by atoms with van der Waals surface area (Å²) in [6, 6.07) is 7.99. The maximum absolute atomic E-state index is 11.1. The summed E-state index contributed by atoms with van der Waals surface area (Å²) in [5, 5.41) is 3.36. The Morgan fingerprint density at radius 1 is 1.53 bits per heavy atom. The SMILES string of the molecule is NC(=O)c1cccc(CNC2=NC[C@H]3CCCN23)c1. The zero-order chi connectivity index (χ0) is 13.2. The quantitative estimate of drug-likeness (QED) is 0.838. The lowest BCUT2D eigenvalue weighted by atomic mass is 10.1. The monoisotopic (exact) mass is 258 g/mol. The first kappa shape index (κ1) is 12.0. The van der Waals surface area contributed by atoms with E-state index in [4.69, 9.17) is 5.73 Å². The van der Waals surface area contributed by atoms with Gasteiger partial charge in [0.1, 0.15) is 0 Å². The summed E-state index contributed by atoms with van der Waals surface area (Å²) in [7, 11) is 0. The van der Waals surface area contributed by atoms with Crippen LogP contribution < -0.4 is 11.1 Å². The molecule has 1 saturated heterocycles. The molecule has 0 aromatic heterocycles. The third kappa shape index (κ3) is 2.41. The standard InChI is InChI=1S/C14H18N4O/c15-13(19)11-4-1-3-10(7-11)8-16-14-17-9-12-5-2-6-18(12)14/h1,3-4,7,12H,2,5-6,8-9H2,(H2,15,19)(H,16,17)/t12-/m1/s1. The molecule has 3 N–H and O–H groups in total. The lowest BCUT2D eigenvalue weighted by Gasteiger charge is -2.20. The number of hydrogen-bond donors (Lipinski definition) is 2. The molecule has 1 aromatic carbocycles. The van der Waals surface area contributed by atoms with Gasteiger partial charge in [0.05, 0.1) is 12.6 Å². The summed E-state index contributed by atoms with van der Waals surface area (Å²) in [4.78, 5) is 18.0. The molecule has 2 heterocycles. The molecule has 2 aliphatic rings. The molecule has 19 heavy (non-hydrogen) atoms. The molecule has 0 saturated carbocycles. The molecule has 2 aliphatic heterocycles. The van der Waals surface area contributed by atoms with E-state index in [0.717, 1.165) is 24.6 Å². The van der Waals surface area contributed by atoms with Crippen molar-refractivity contribution in [1.82, 2.24) is 10.2 Å². The minimum absolute atomic E-state index is 0.389. The third-order valence-corrected chi connectivity index (χ3v) is 3.76. The summed E-state index contributed by atoms with van der Waals surface area (Å²) < 4.78 is 0. The number of nitrogens with zero attached hydrogens (tertiary/aromatic N) is 2. The molecule has 5 nitrogen and oxygen atoms in total. The second-order valence-electron chi connectivity index (χ2n) is 5.07. The zero-order valence-electron chi connectivity index (χ0n) is 10.8. The molecule has 0 radical (unpaired) electrons. The number of carbonyl (C=O) groups is 1. The van der Waals surface area contributed by atoms with Crippen molar-refractivity contribution < 1.29 is 4.79 Å². The molecule has 0 aliphatic carbocycles. The Kier molecular flexibility index (Phi) is 3.11. The van der Waals surface area contributed by atoms with Crippen LogP contribution >= 0.6 is 0 Å². The van der Waals surface area contributed by atoms with Crippen molar-refractivity contribution in [2.45, 2.75) is 25.4 Å². The molecule has 100 valence electrons. The Bertz CT molecular complexity index is 526. The minimum atomic E-state index is -0.389. The number of nitrogens with two attached hydrogens (primary N) is 1. The van der Waals surface area contributed by atoms with Crippen molar-refractivity contribution in [2.75, 3.05) is 13.1 Å². The van der Waals surface area contributed by atoms with Gasteiger partial charge in [0.15, 0.2) is 5.96 Å². The largest absolute Gasteiger partial charge is 0.366 e. The Labute approximate surface area is 112 Å². The van der Waals surface area contributed by atoms with E-state index in [1.807, 2.05) is 18.2 Å². The molecule has 1 aromatic rings. The topological polar surface area (TPSA) is 70.7 Å². The van der Waals surface area contributed by atoms with Crippen LogP contribution in [0.15, 0.2) is 29.3 Å². The van der Waals surface area contributed by atoms with Crippen LogP contribution in [0.4, 0.5) is 0 Å². The Morgan fingerprint density at radius 2 is 2.42 bits per heavy atom. The van der Waals surface area contributed by atoms with Gasteiger partial charge in [0.25, 0.3) is 0 Å². The lowest BCUT2D eigenvalue weighted by Crippen LogP contribution is -2.39. The molecule has 0 unspecified atom stereocenters. The molecule has 3 rings (SSSR count). The molecule has 1 amide bonds. The molecular formula is C14H18N4O. The smallest absolute Gasteiger partial charge is 0.248 e. The summed E-state index contributed by atoms with van der Waals surface area (Å²) in [5.41, 5.74) is 6.87. The molecular weight excluding hydrogens is 240 g/mol. The van der Waals surface area contributed by atoms with Crippen molar-refractivity contribution in [3.05, 3.63) is 35.4 Å². The average molecular weight is 258 g/mol. The van der Waals surface area contributed by atoms with Gasteiger partial charge in [-0.15, -0.1) is 0 Å². The highest BCUT2D eigenvalue weighted by Crippen LogP contribution is 2.21. The van der Waals surface area contributed by atoms with Gasteiger partial charge in [-0.3, -0.25) is 9.79 Å². The van der Waals surface area contributed by atoms with Gasteiger partial charge in [-0.25, -0.2) is 0 Å². The van der Waals surface area contributed by atoms with Crippen LogP contribution in [-0.2, 0) is 6.54 Å². The van der Waals surface area contributed by atoms with E-state index < -0.39 is 0 Å². The van der Waals surface area contributed by atoms with E-state index in [9.17, 15) is 4.79 Å². The number of nitrogens with one attached hydrogen (secondary N) is 1. The second kappa shape index (κ2) is 4.91. The maximum Gasteiger partial charge on any atom is 0.248 e. The first-order valence-corrected chi connectivity index (χ1v) is 6.68. The van der Waals surface area contributed by atoms with E-state index in [1.54, 1.807) is 6.07 Å². The van der Waals surface area contributed by atoms with Crippen molar-refractivity contribution in [2.24, 2.45) is 10.7 Å². The van der Waals surface area contributed by atoms with Crippen molar-refractivity contribution >= 4 is 11.9 Å². The second-order valence-corrected chi connectivity index (χ2v) is 5.07. The van der Waals surface area contributed by atoms with Crippen molar-refractivity contribution in [3.8, 4) is 0 Å². The summed E-state index contributed by atoms with van der Waals surface area (Å²) >= 11 is 0. The van der Waals surface area contributed by atoms with Crippen LogP contribution in [0.5, 0.6) is 0 Å². The van der Waals surface area contributed by atoms with E-state index in [1.165, 1.54) is 12.8 Å². The number of fused-ring (bicyclic) bond motifs is 1. The number of guanidine groups is 1. The first-order chi connectivity index (χ1) is 9.24. The maximum atomic E-state index is 11.1. The Morgan fingerprint density at radius 3 is 3.26 bits per heavy atom. The number of aliphatic imine (C=N–C) groups is 1.